The van der Waals surface area contributed by atoms with Gasteiger partial charge >= 0.3 is 0 Å². The van der Waals surface area contributed by atoms with Crippen molar-refractivity contribution in [2.45, 2.75) is 0 Å². The van der Waals surface area contributed by atoms with Crippen molar-refractivity contribution in [1.82, 2.24) is 39.9 Å². The van der Waals surface area contributed by atoms with Crippen LogP contribution in [0.5, 0.6) is 0 Å². The number of aromatic nitrogens is 8. The van der Waals surface area contributed by atoms with Crippen molar-refractivity contribution in [2.75, 3.05) is 0 Å². The topological polar surface area (TPSA) is 103 Å². The van der Waals surface area contributed by atoms with Gasteiger partial charge in [0.1, 0.15) is 0 Å². The Morgan fingerprint density at radius 3 is 1.11 bits per heavy atom. The molecule has 0 unspecified atom stereocenters. The van der Waals surface area contributed by atoms with Gasteiger partial charge in [0.15, 0.2) is 11.6 Å². The number of rotatable bonds is 7. The van der Waals surface area contributed by atoms with E-state index in [2.05, 4.69) is 58.5 Å². The molecule has 0 aliphatic heterocycles. The van der Waals surface area contributed by atoms with Gasteiger partial charge in [-0.05, 0) is 95.1 Å². The van der Waals surface area contributed by atoms with Crippen LogP contribution < -0.4 is 0 Å². The van der Waals surface area contributed by atoms with Crippen molar-refractivity contribution >= 4 is 21.8 Å². The van der Waals surface area contributed by atoms with Crippen molar-refractivity contribution < 1.29 is 0 Å². The zero-order valence-electron chi connectivity index (χ0n) is 29.9. The second-order valence-corrected chi connectivity index (χ2v) is 13.3. The first-order valence-corrected chi connectivity index (χ1v) is 18.2. The van der Waals surface area contributed by atoms with Gasteiger partial charge in [0, 0.05) is 70.2 Å². The summed E-state index contributed by atoms with van der Waals surface area (Å²) < 4.78 is 0. The van der Waals surface area contributed by atoms with Crippen molar-refractivity contribution in [3.05, 3.63) is 183 Å². The van der Waals surface area contributed by atoms with E-state index in [0.717, 1.165) is 89.1 Å². The Morgan fingerprint density at radius 1 is 0.286 bits per heavy atom. The zero-order valence-corrected chi connectivity index (χ0v) is 29.9. The van der Waals surface area contributed by atoms with Crippen LogP contribution in [-0.4, -0.2) is 39.9 Å². The predicted molar refractivity (Wildman–Crippen MR) is 222 cm³/mol. The lowest BCUT2D eigenvalue weighted by atomic mass is 9.98. The van der Waals surface area contributed by atoms with E-state index >= 15 is 0 Å². The summed E-state index contributed by atoms with van der Waals surface area (Å²) in [6, 6.07) is 48.9. The summed E-state index contributed by atoms with van der Waals surface area (Å²) in [5, 5.41) is 1.91. The smallest absolute Gasteiger partial charge is 0.160 e. The molecule has 0 fully saturated rings. The first-order valence-electron chi connectivity index (χ1n) is 18.2. The Balaban J connectivity index is 1.03. The van der Waals surface area contributed by atoms with Crippen molar-refractivity contribution in [1.29, 1.82) is 0 Å². The van der Waals surface area contributed by atoms with Gasteiger partial charge in [-0.25, -0.2) is 19.9 Å². The van der Waals surface area contributed by atoms with Crippen molar-refractivity contribution in [2.24, 2.45) is 0 Å². The molecule has 0 aliphatic carbocycles. The first-order chi connectivity index (χ1) is 27.7. The SMILES string of the molecule is c1ccc(-c2nc(-c3ccncc3)c3cc(-c4ccnc(-c5cc(-c6ccc7nc(-c8ccccc8)nc(-c8ccncc8)c7c6)ccn5)c4)ccc3n2)cc1. The molecule has 4 aromatic carbocycles. The van der Waals surface area contributed by atoms with Gasteiger partial charge in [0.05, 0.1) is 33.8 Å². The normalized spacial score (nSPS) is 11.2. The maximum absolute atomic E-state index is 5.07. The van der Waals surface area contributed by atoms with Gasteiger partial charge in [0.25, 0.3) is 0 Å². The van der Waals surface area contributed by atoms with Gasteiger partial charge in [-0.3, -0.25) is 19.9 Å². The third-order valence-corrected chi connectivity index (χ3v) is 9.81. The highest BCUT2D eigenvalue weighted by Gasteiger charge is 2.16. The molecule has 0 amide bonds. The Bertz CT molecular complexity index is 2800. The van der Waals surface area contributed by atoms with E-state index in [1.165, 1.54) is 0 Å². The fourth-order valence-corrected chi connectivity index (χ4v) is 7.01. The summed E-state index contributed by atoms with van der Waals surface area (Å²) >= 11 is 0. The molecule has 0 saturated carbocycles. The second-order valence-electron chi connectivity index (χ2n) is 13.3. The molecule has 0 N–H and O–H groups in total. The third-order valence-electron chi connectivity index (χ3n) is 9.81. The average molecular weight is 719 g/mol. The fraction of sp³-hybridized carbons (Fsp3) is 0. The summed E-state index contributed by atoms with van der Waals surface area (Å²) in [5.41, 5.74) is 12.9. The van der Waals surface area contributed by atoms with Crippen LogP contribution in [0.2, 0.25) is 0 Å². The molecule has 0 aliphatic rings. The average Bonchev–Trinajstić information content (AvgIpc) is 3.29. The fourth-order valence-electron chi connectivity index (χ4n) is 7.01. The lowest BCUT2D eigenvalue weighted by Crippen LogP contribution is -1.96. The maximum Gasteiger partial charge on any atom is 0.160 e. The van der Waals surface area contributed by atoms with Crippen LogP contribution in [0, 0.1) is 0 Å². The van der Waals surface area contributed by atoms with E-state index in [4.69, 9.17) is 29.9 Å². The summed E-state index contributed by atoms with van der Waals surface area (Å²) in [5.74, 6) is 1.36. The molecule has 0 bridgehead atoms. The highest BCUT2D eigenvalue weighted by Crippen LogP contribution is 2.35. The van der Waals surface area contributed by atoms with E-state index in [1.54, 1.807) is 24.8 Å². The predicted octanol–water partition coefficient (Wildman–Crippen LogP) is 10.8. The number of benzene rings is 4. The molecule has 0 spiro atoms. The molecule has 10 aromatic rings. The molecular formula is C48H30N8. The largest absolute Gasteiger partial charge is 0.265 e. The van der Waals surface area contributed by atoms with Crippen LogP contribution in [0.1, 0.15) is 0 Å². The maximum atomic E-state index is 5.07. The van der Waals surface area contributed by atoms with Gasteiger partial charge < -0.3 is 0 Å². The molecular weight excluding hydrogens is 689 g/mol. The Hall–Kier alpha value is -7.84. The molecule has 6 aromatic heterocycles. The van der Waals surface area contributed by atoms with E-state index in [9.17, 15) is 0 Å². The molecule has 262 valence electrons. The summed E-state index contributed by atoms with van der Waals surface area (Å²) in [6.07, 6.45) is 10.8. The number of fused-ring (bicyclic) bond motifs is 2. The van der Waals surface area contributed by atoms with Gasteiger partial charge in [-0.2, -0.15) is 0 Å². The van der Waals surface area contributed by atoms with Crippen molar-refractivity contribution in [3.8, 4) is 78.9 Å². The zero-order chi connectivity index (χ0) is 37.3. The van der Waals surface area contributed by atoms with E-state index in [-0.39, 0.29) is 0 Å². The van der Waals surface area contributed by atoms with Crippen LogP contribution in [0.3, 0.4) is 0 Å². The minimum atomic E-state index is 0.680. The molecule has 0 saturated heterocycles. The number of pyridine rings is 4. The second kappa shape index (κ2) is 14.2. The standard InChI is InChI=1S/C48H30N8/c1-3-7-33(8-4-1)47-53-41-13-11-35(27-39(41)45(55-47)31-15-21-49-22-16-31)37-19-25-51-43(29-37)44-30-38(20-26-52-44)36-12-14-42-40(28-36)46(32-17-23-50-24-18-32)56-48(54-42)34-9-5-2-6-10-34/h1-30H. The van der Waals surface area contributed by atoms with Crippen LogP contribution in [0.4, 0.5) is 0 Å². The lowest BCUT2D eigenvalue weighted by Gasteiger charge is -2.12. The summed E-state index contributed by atoms with van der Waals surface area (Å²) in [6.45, 7) is 0. The van der Waals surface area contributed by atoms with Crippen LogP contribution in [-0.2, 0) is 0 Å². The van der Waals surface area contributed by atoms with Crippen LogP contribution in [0.25, 0.3) is 101 Å². The Kier molecular flexibility index (Phi) is 8.31. The van der Waals surface area contributed by atoms with Crippen molar-refractivity contribution in [3.63, 3.8) is 0 Å². The Morgan fingerprint density at radius 2 is 0.679 bits per heavy atom. The highest BCUT2D eigenvalue weighted by atomic mass is 14.9. The molecule has 6 heterocycles. The molecule has 8 nitrogen and oxygen atoms in total. The number of hydrogen-bond donors (Lipinski definition) is 0. The molecule has 8 heteroatoms. The number of hydrogen-bond acceptors (Lipinski definition) is 8. The monoisotopic (exact) mass is 718 g/mol. The van der Waals surface area contributed by atoms with E-state index < -0.39 is 0 Å². The summed E-state index contributed by atoms with van der Waals surface area (Å²) in [4.78, 5) is 38.1. The van der Waals surface area contributed by atoms with Gasteiger partial charge in [-0.15, -0.1) is 0 Å². The minimum absolute atomic E-state index is 0.680. The first kappa shape index (κ1) is 32.8. The number of nitrogens with zero attached hydrogens (tertiary/aromatic N) is 8. The minimum Gasteiger partial charge on any atom is -0.265 e. The third kappa shape index (κ3) is 6.31. The van der Waals surface area contributed by atoms with E-state index in [0.29, 0.717) is 11.6 Å². The van der Waals surface area contributed by atoms with Gasteiger partial charge in [0.2, 0.25) is 0 Å². The summed E-state index contributed by atoms with van der Waals surface area (Å²) in [7, 11) is 0. The van der Waals surface area contributed by atoms with Gasteiger partial charge in [-0.1, -0.05) is 72.8 Å². The molecule has 56 heavy (non-hydrogen) atoms. The van der Waals surface area contributed by atoms with Crippen LogP contribution >= 0.6 is 0 Å². The quantitative estimate of drug-likeness (QED) is 0.160. The lowest BCUT2D eigenvalue weighted by molar-refractivity contribution is 1.22. The van der Waals surface area contributed by atoms with E-state index in [1.807, 2.05) is 109 Å². The molecule has 0 atom stereocenters. The Labute approximate surface area is 322 Å². The van der Waals surface area contributed by atoms with Crippen LogP contribution in [0.15, 0.2) is 183 Å². The molecule has 0 radical (unpaired) electrons. The molecule has 10 rings (SSSR count). The highest BCUT2D eigenvalue weighted by molar-refractivity contribution is 5.98.